The van der Waals surface area contributed by atoms with E-state index in [1.165, 1.54) is 37.7 Å². The lowest BCUT2D eigenvalue weighted by atomic mass is 9.55. The lowest BCUT2D eigenvalue weighted by Gasteiger charge is -2.50. The molecule has 2 fully saturated rings. The van der Waals surface area contributed by atoms with Crippen LogP contribution in [-0.4, -0.2) is 22.7 Å². The van der Waals surface area contributed by atoms with E-state index < -0.39 is 0 Å². The summed E-state index contributed by atoms with van der Waals surface area (Å²) in [5.74, 6) is 3.65. The predicted molar refractivity (Wildman–Crippen MR) is 101 cm³/mol. The van der Waals surface area contributed by atoms with Crippen LogP contribution in [0.1, 0.15) is 49.7 Å². The first-order chi connectivity index (χ1) is 11.1. The van der Waals surface area contributed by atoms with Crippen LogP contribution in [0.5, 0.6) is 5.75 Å². The second-order valence-corrected chi connectivity index (χ2v) is 9.00. The first-order valence-corrected chi connectivity index (χ1v) is 10.5. The summed E-state index contributed by atoms with van der Waals surface area (Å²) in [7, 11) is 1.75. The molecule has 0 saturated heterocycles. The molecule has 3 aliphatic carbocycles. The lowest BCUT2D eigenvalue weighted by molar-refractivity contribution is -0.0302. The zero-order chi connectivity index (χ0) is 16.2. The van der Waals surface area contributed by atoms with E-state index in [1.54, 1.807) is 12.7 Å². The Morgan fingerprint density at radius 3 is 2.91 bits per heavy atom. The number of hydrogen-bond acceptors (Lipinski definition) is 2. The minimum atomic E-state index is -0.0948. The third kappa shape index (κ3) is 2.37. The Bertz CT molecular complexity index is 601. The molecule has 126 valence electrons. The van der Waals surface area contributed by atoms with Gasteiger partial charge in [0.05, 0.1) is 13.2 Å². The summed E-state index contributed by atoms with van der Waals surface area (Å²) < 4.78 is 6.50. The molecule has 0 radical (unpaired) electrons. The van der Waals surface area contributed by atoms with Gasteiger partial charge in [0.15, 0.2) is 0 Å². The number of hydrogen-bond donors (Lipinski definition) is 1. The highest BCUT2D eigenvalue weighted by Gasteiger charge is 2.57. The van der Waals surface area contributed by atoms with Crippen LogP contribution >= 0.6 is 22.6 Å². The average molecular weight is 426 g/mol. The van der Waals surface area contributed by atoms with Gasteiger partial charge in [-0.05, 0) is 84.5 Å². The molecule has 0 unspecified atom stereocenters. The van der Waals surface area contributed by atoms with Crippen molar-refractivity contribution in [2.45, 2.75) is 51.0 Å². The minimum Gasteiger partial charge on any atom is -0.497 e. The minimum absolute atomic E-state index is 0.0948. The lowest BCUT2D eigenvalue weighted by Crippen LogP contribution is -2.44. The highest BCUT2D eigenvalue weighted by molar-refractivity contribution is 14.1. The zero-order valence-electron chi connectivity index (χ0n) is 14.1. The summed E-state index contributed by atoms with van der Waals surface area (Å²) in [5.41, 5.74) is 3.22. The van der Waals surface area contributed by atoms with Crippen molar-refractivity contribution < 1.29 is 9.84 Å². The fourth-order valence-electron chi connectivity index (χ4n) is 5.99. The molecular formula is C20H27IO2. The molecule has 1 N–H and O–H groups in total. The van der Waals surface area contributed by atoms with Gasteiger partial charge in [-0.2, -0.15) is 0 Å². The van der Waals surface area contributed by atoms with E-state index in [9.17, 15) is 5.11 Å². The number of alkyl halides is 1. The molecule has 0 spiro atoms. The van der Waals surface area contributed by atoms with E-state index >= 15 is 0 Å². The number of halogens is 1. The molecule has 1 aromatic rings. The molecule has 3 heteroatoms. The molecule has 1 aromatic carbocycles. The van der Waals surface area contributed by atoms with Gasteiger partial charge >= 0.3 is 0 Å². The molecule has 0 amide bonds. The van der Waals surface area contributed by atoms with Crippen LogP contribution in [0.2, 0.25) is 0 Å². The largest absolute Gasteiger partial charge is 0.497 e. The molecule has 0 bridgehead atoms. The number of aryl methyl sites for hydroxylation is 1. The number of benzene rings is 1. The zero-order valence-corrected chi connectivity index (χ0v) is 16.3. The Morgan fingerprint density at radius 1 is 1.35 bits per heavy atom. The highest BCUT2D eigenvalue weighted by Crippen LogP contribution is 2.62. The molecule has 0 heterocycles. The maximum absolute atomic E-state index is 10.9. The quantitative estimate of drug-likeness (QED) is 0.555. The van der Waals surface area contributed by atoms with Gasteiger partial charge in [0, 0.05) is 4.43 Å². The smallest absolute Gasteiger partial charge is 0.119 e. The van der Waals surface area contributed by atoms with Crippen molar-refractivity contribution in [3.8, 4) is 5.75 Å². The second kappa shape index (κ2) is 5.91. The molecule has 4 rings (SSSR count). The fraction of sp³-hybridized carbons (Fsp3) is 0.700. The summed E-state index contributed by atoms with van der Waals surface area (Å²) in [6.07, 6.45) is 6.01. The fourth-order valence-corrected chi connectivity index (χ4v) is 6.83. The van der Waals surface area contributed by atoms with Crippen LogP contribution in [0, 0.1) is 23.2 Å². The normalized spacial score (nSPS) is 41.8. The maximum atomic E-state index is 10.9. The van der Waals surface area contributed by atoms with Crippen molar-refractivity contribution in [1.82, 2.24) is 0 Å². The van der Waals surface area contributed by atoms with Gasteiger partial charge < -0.3 is 9.84 Å². The summed E-state index contributed by atoms with van der Waals surface area (Å²) in [6.45, 7) is 2.37. The third-order valence-electron chi connectivity index (χ3n) is 7.25. The van der Waals surface area contributed by atoms with Gasteiger partial charge in [-0.25, -0.2) is 0 Å². The molecule has 0 aliphatic heterocycles. The van der Waals surface area contributed by atoms with Crippen LogP contribution in [0.3, 0.4) is 0 Å². The number of ether oxygens (including phenoxy) is 1. The number of methoxy groups -OCH3 is 1. The summed E-state index contributed by atoms with van der Waals surface area (Å²) in [5, 5.41) is 10.9. The summed E-state index contributed by atoms with van der Waals surface area (Å²) in [4.78, 5) is 0. The highest BCUT2D eigenvalue weighted by atomic mass is 127. The van der Waals surface area contributed by atoms with E-state index in [-0.39, 0.29) is 11.5 Å². The first kappa shape index (κ1) is 16.2. The van der Waals surface area contributed by atoms with Crippen molar-refractivity contribution in [3.05, 3.63) is 29.3 Å². The van der Waals surface area contributed by atoms with Crippen molar-refractivity contribution in [1.29, 1.82) is 0 Å². The molecule has 2 saturated carbocycles. The third-order valence-corrected chi connectivity index (χ3v) is 8.38. The SMILES string of the molecule is COc1ccc2c(c1)CC[C@@H]1[C@@H]2CC[C@@]2(C)[C@H](O)[C@@H](CI)C[C@@H]12. The van der Waals surface area contributed by atoms with Crippen molar-refractivity contribution >= 4 is 22.6 Å². The van der Waals surface area contributed by atoms with Crippen LogP contribution in [-0.2, 0) is 6.42 Å². The topological polar surface area (TPSA) is 29.5 Å². The molecular weight excluding hydrogens is 399 g/mol. The Kier molecular flexibility index (Phi) is 4.16. The molecule has 23 heavy (non-hydrogen) atoms. The molecule has 0 aromatic heterocycles. The predicted octanol–water partition coefficient (Wildman–Crippen LogP) is 4.57. The number of fused-ring (bicyclic) bond motifs is 5. The molecule has 3 aliphatic rings. The first-order valence-electron chi connectivity index (χ1n) is 8.99. The Hall–Kier alpha value is -0.290. The monoisotopic (exact) mass is 426 g/mol. The summed E-state index contributed by atoms with van der Waals surface area (Å²) in [6, 6.07) is 6.69. The van der Waals surface area contributed by atoms with Gasteiger partial charge in [0.1, 0.15) is 5.75 Å². The maximum Gasteiger partial charge on any atom is 0.119 e. The van der Waals surface area contributed by atoms with Crippen molar-refractivity contribution in [2.24, 2.45) is 23.2 Å². The van der Waals surface area contributed by atoms with Crippen LogP contribution in [0.4, 0.5) is 0 Å². The van der Waals surface area contributed by atoms with E-state index in [0.717, 1.165) is 16.1 Å². The van der Waals surface area contributed by atoms with Crippen molar-refractivity contribution in [2.75, 3.05) is 11.5 Å². The van der Waals surface area contributed by atoms with E-state index in [2.05, 4.69) is 47.7 Å². The van der Waals surface area contributed by atoms with Crippen LogP contribution < -0.4 is 4.74 Å². The Morgan fingerprint density at radius 2 is 2.17 bits per heavy atom. The number of aliphatic hydroxyl groups is 1. The van der Waals surface area contributed by atoms with Gasteiger partial charge in [-0.15, -0.1) is 0 Å². The Labute approximate surface area is 153 Å². The van der Waals surface area contributed by atoms with Gasteiger partial charge in [-0.1, -0.05) is 35.6 Å². The standard InChI is InChI=1S/C20H27IO2/c1-20-8-7-16-15-6-4-14(23-2)9-12(15)3-5-17(16)18(20)10-13(11-21)19(20)22/h4,6,9,13,16-19,22H,3,5,7-8,10-11H2,1-2H3/t13-,16-,17-,18+,19-,20-/m1/s1. The van der Waals surface area contributed by atoms with Crippen molar-refractivity contribution in [3.63, 3.8) is 0 Å². The summed E-state index contributed by atoms with van der Waals surface area (Å²) >= 11 is 2.47. The average Bonchev–Trinajstić information content (AvgIpc) is 2.85. The van der Waals surface area contributed by atoms with Gasteiger partial charge in [0.2, 0.25) is 0 Å². The molecule has 6 atom stereocenters. The number of aliphatic hydroxyl groups excluding tert-OH is 1. The second-order valence-electron chi connectivity index (χ2n) is 8.12. The number of rotatable bonds is 2. The molecule has 2 nitrogen and oxygen atoms in total. The van der Waals surface area contributed by atoms with E-state index in [0.29, 0.717) is 17.8 Å². The Balaban J connectivity index is 1.67. The van der Waals surface area contributed by atoms with Gasteiger partial charge in [-0.3, -0.25) is 0 Å². The van der Waals surface area contributed by atoms with Crippen LogP contribution in [0.15, 0.2) is 18.2 Å². The van der Waals surface area contributed by atoms with E-state index in [4.69, 9.17) is 4.74 Å². The van der Waals surface area contributed by atoms with Gasteiger partial charge in [0.25, 0.3) is 0 Å². The van der Waals surface area contributed by atoms with E-state index in [1.807, 2.05) is 0 Å². The van der Waals surface area contributed by atoms with Crippen LogP contribution in [0.25, 0.3) is 0 Å².